The number of hydrogen-bond acceptors (Lipinski definition) is 6. The molecule has 1 aliphatic rings. The van der Waals surface area contributed by atoms with Crippen molar-refractivity contribution in [1.82, 2.24) is 9.97 Å². The molecule has 7 nitrogen and oxygen atoms in total. The van der Waals surface area contributed by atoms with Gasteiger partial charge in [0.05, 0.1) is 11.3 Å². The minimum absolute atomic E-state index is 0.0107. The van der Waals surface area contributed by atoms with Crippen molar-refractivity contribution < 1.29 is 14.7 Å². The predicted molar refractivity (Wildman–Crippen MR) is 84.5 cm³/mol. The summed E-state index contributed by atoms with van der Waals surface area (Å²) in [5, 5.41) is 9.02. The quantitative estimate of drug-likeness (QED) is 0.647. The summed E-state index contributed by atoms with van der Waals surface area (Å²) in [5.74, 6) is -1.06. The summed E-state index contributed by atoms with van der Waals surface area (Å²) < 4.78 is 0. The van der Waals surface area contributed by atoms with Gasteiger partial charge in [-0.2, -0.15) is 4.98 Å². The van der Waals surface area contributed by atoms with Gasteiger partial charge in [0, 0.05) is 6.42 Å². The van der Waals surface area contributed by atoms with Gasteiger partial charge >= 0.3 is 0 Å². The lowest BCUT2D eigenvalue weighted by Crippen LogP contribution is -2.31. The van der Waals surface area contributed by atoms with Crippen LogP contribution in [-0.4, -0.2) is 32.1 Å². The molecule has 0 spiro atoms. The van der Waals surface area contributed by atoms with Gasteiger partial charge in [0.1, 0.15) is 5.25 Å². The number of rotatable bonds is 3. The highest BCUT2D eigenvalue weighted by Gasteiger charge is 2.40. The number of amides is 2. The fraction of sp³-hybridized carbons (Fsp3) is 0.200. The number of benzene rings is 1. The molecule has 2 heterocycles. The normalized spacial score (nSPS) is 17.8. The van der Waals surface area contributed by atoms with Crippen LogP contribution in [0, 0.1) is 6.92 Å². The van der Waals surface area contributed by atoms with Crippen molar-refractivity contribution in [3.63, 3.8) is 0 Å². The lowest BCUT2D eigenvalue weighted by molar-refractivity contribution is -0.121. The molecule has 8 heteroatoms. The maximum Gasteiger partial charge on any atom is 0.258 e. The summed E-state index contributed by atoms with van der Waals surface area (Å²) in [6.45, 7) is 1.44. The molecule has 0 saturated carbocycles. The minimum Gasteiger partial charge on any atom is -0.493 e. The fourth-order valence-corrected chi connectivity index (χ4v) is 3.23. The fourth-order valence-electron chi connectivity index (χ4n) is 2.24. The molecular formula is C15H13N3O4S. The highest BCUT2D eigenvalue weighted by molar-refractivity contribution is 8.00. The first kappa shape index (κ1) is 15.3. The Hall–Kier alpha value is -2.61. The van der Waals surface area contributed by atoms with E-state index in [1.807, 2.05) is 0 Å². The van der Waals surface area contributed by atoms with Crippen molar-refractivity contribution >= 4 is 29.3 Å². The van der Waals surface area contributed by atoms with Crippen molar-refractivity contribution in [2.45, 2.75) is 23.8 Å². The molecule has 0 bridgehead atoms. The summed E-state index contributed by atoms with van der Waals surface area (Å²) in [6.07, 6.45) is 0.0107. The van der Waals surface area contributed by atoms with Crippen LogP contribution in [0.1, 0.15) is 12.0 Å². The Morgan fingerprint density at radius 2 is 1.96 bits per heavy atom. The highest BCUT2D eigenvalue weighted by atomic mass is 32.2. The molecule has 1 atom stereocenters. The Balaban J connectivity index is 1.84. The minimum atomic E-state index is -0.687. The summed E-state index contributed by atoms with van der Waals surface area (Å²) in [7, 11) is 0. The van der Waals surface area contributed by atoms with Crippen LogP contribution in [0.3, 0.4) is 0 Å². The van der Waals surface area contributed by atoms with E-state index in [-0.39, 0.29) is 34.8 Å². The van der Waals surface area contributed by atoms with Crippen molar-refractivity contribution in [1.29, 1.82) is 0 Å². The van der Waals surface area contributed by atoms with Gasteiger partial charge in [0.2, 0.25) is 17.7 Å². The largest absolute Gasteiger partial charge is 0.493 e. The molecule has 1 aromatic heterocycles. The van der Waals surface area contributed by atoms with Crippen LogP contribution in [0.2, 0.25) is 0 Å². The summed E-state index contributed by atoms with van der Waals surface area (Å²) in [6, 6.07) is 8.65. The lowest BCUT2D eigenvalue weighted by Gasteiger charge is -2.14. The van der Waals surface area contributed by atoms with Gasteiger partial charge in [0.25, 0.3) is 5.56 Å². The first-order chi connectivity index (χ1) is 11.0. The third-order valence-corrected chi connectivity index (χ3v) is 4.55. The molecule has 2 amide bonds. The summed E-state index contributed by atoms with van der Waals surface area (Å²) in [4.78, 5) is 43.7. The number of H-pyrrole nitrogens is 1. The van der Waals surface area contributed by atoms with Crippen molar-refractivity contribution in [2.75, 3.05) is 4.90 Å². The number of aromatic amines is 1. The number of thioether (sulfide) groups is 1. The zero-order valence-electron chi connectivity index (χ0n) is 12.1. The Morgan fingerprint density at radius 1 is 1.26 bits per heavy atom. The van der Waals surface area contributed by atoms with Crippen molar-refractivity contribution in [2.24, 2.45) is 0 Å². The van der Waals surface area contributed by atoms with E-state index in [0.29, 0.717) is 5.69 Å². The number of carbonyl (C=O) groups excluding carboxylic acids is 2. The van der Waals surface area contributed by atoms with Crippen LogP contribution in [0.4, 0.5) is 5.69 Å². The number of carbonyl (C=O) groups is 2. The van der Waals surface area contributed by atoms with Crippen LogP contribution < -0.4 is 10.5 Å². The lowest BCUT2D eigenvalue weighted by atomic mass is 10.3. The van der Waals surface area contributed by atoms with E-state index in [1.165, 1.54) is 6.92 Å². The number of hydrogen-bond donors (Lipinski definition) is 2. The van der Waals surface area contributed by atoms with E-state index in [9.17, 15) is 19.5 Å². The van der Waals surface area contributed by atoms with Crippen LogP contribution >= 0.6 is 11.8 Å². The monoisotopic (exact) mass is 331 g/mol. The third-order valence-electron chi connectivity index (χ3n) is 3.48. The maximum absolute atomic E-state index is 12.5. The van der Waals surface area contributed by atoms with Crippen LogP contribution in [0.15, 0.2) is 40.3 Å². The topological polar surface area (TPSA) is 103 Å². The van der Waals surface area contributed by atoms with E-state index in [1.54, 1.807) is 30.3 Å². The third kappa shape index (κ3) is 2.85. The Morgan fingerprint density at radius 3 is 2.61 bits per heavy atom. The SMILES string of the molecule is Cc1c(O)nc(S[C@@H]2CC(=O)N(c3ccccc3)C2=O)[nH]c1=O. The van der Waals surface area contributed by atoms with Gasteiger partial charge in [-0.1, -0.05) is 30.0 Å². The zero-order valence-corrected chi connectivity index (χ0v) is 13.0. The van der Waals surface area contributed by atoms with Crippen LogP contribution in [0.5, 0.6) is 5.88 Å². The Bertz CT molecular complexity index is 834. The highest BCUT2D eigenvalue weighted by Crippen LogP contribution is 2.32. The molecule has 2 aromatic rings. The molecule has 1 aromatic carbocycles. The number of aromatic nitrogens is 2. The molecule has 0 unspecified atom stereocenters. The molecule has 23 heavy (non-hydrogen) atoms. The Labute approximate surface area is 135 Å². The standard InChI is InChI=1S/C15H13N3O4S/c1-8-12(20)16-15(17-13(8)21)23-10-7-11(19)18(14(10)22)9-5-3-2-4-6-9/h2-6,10H,7H2,1H3,(H2,16,17,20,21)/t10-/m1/s1. The number of nitrogens with one attached hydrogen (secondary N) is 1. The molecule has 118 valence electrons. The molecular weight excluding hydrogens is 318 g/mol. The van der Waals surface area contributed by atoms with E-state index in [2.05, 4.69) is 9.97 Å². The van der Waals surface area contributed by atoms with Crippen molar-refractivity contribution in [3.05, 3.63) is 46.2 Å². The molecule has 1 aliphatic heterocycles. The molecule has 2 N–H and O–H groups in total. The number of para-hydroxylation sites is 1. The smallest absolute Gasteiger partial charge is 0.258 e. The van der Waals surface area contributed by atoms with Gasteiger partial charge in [0.15, 0.2) is 5.16 Å². The van der Waals surface area contributed by atoms with Gasteiger partial charge in [-0.15, -0.1) is 0 Å². The second kappa shape index (κ2) is 5.88. The van der Waals surface area contributed by atoms with E-state index < -0.39 is 10.8 Å². The molecule has 0 aliphatic carbocycles. The van der Waals surface area contributed by atoms with Gasteiger partial charge < -0.3 is 10.1 Å². The molecule has 1 saturated heterocycles. The first-order valence-corrected chi connectivity index (χ1v) is 7.73. The van der Waals surface area contributed by atoms with Gasteiger partial charge in [-0.25, -0.2) is 4.90 Å². The second-order valence-corrected chi connectivity index (χ2v) is 6.22. The number of aromatic hydroxyl groups is 1. The summed E-state index contributed by atoms with van der Waals surface area (Å²) in [5.41, 5.74) is 0.143. The second-order valence-electron chi connectivity index (χ2n) is 5.03. The number of nitrogens with zero attached hydrogens (tertiary/aromatic N) is 2. The van der Waals surface area contributed by atoms with Gasteiger partial charge in [-0.3, -0.25) is 14.4 Å². The molecule has 3 rings (SSSR count). The van der Waals surface area contributed by atoms with Gasteiger partial charge in [-0.05, 0) is 19.1 Å². The zero-order chi connectivity index (χ0) is 16.6. The average molecular weight is 331 g/mol. The van der Waals surface area contributed by atoms with E-state index in [0.717, 1.165) is 16.7 Å². The molecule has 1 fully saturated rings. The van der Waals surface area contributed by atoms with E-state index >= 15 is 0 Å². The maximum atomic E-state index is 12.5. The van der Waals surface area contributed by atoms with Crippen LogP contribution in [0.25, 0.3) is 0 Å². The van der Waals surface area contributed by atoms with Crippen molar-refractivity contribution in [3.8, 4) is 5.88 Å². The first-order valence-electron chi connectivity index (χ1n) is 6.86. The summed E-state index contributed by atoms with van der Waals surface area (Å²) >= 11 is 0.960. The Kier molecular flexibility index (Phi) is 3.91. The predicted octanol–water partition coefficient (Wildman–Crippen LogP) is 1.21. The average Bonchev–Trinajstić information content (AvgIpc) is 2.80. The van der Waals surface area contributed by atoms with E-state index in [4.69, 9.17) is 0 Å². The number of imide groups is 1. The van der Waals surface area contributed by atoms with Crippen LogP contribution in [-0.2, 0) is 9.59 Å². The number of anilines is 1. The molecule has 0 radical (unpaired) electrons.